The molecule has 0 unspecified atom stereocenters. The van der Waals surface area contributed by atoms with Gasteiger partial charge < -0.3 is 9.84 Å². The standard InChI is InChI=1S/C9H13NO2S2/c11-7(13)10-8(14)12-9-3-1-6(5-9)2-4-9/h6H,1-5H2,(H2,10,11,13,14). The third-order valence-corrected chi connectivity index (χ3v) is 3.48. The number of hydrogen-bond donors (Lipinski definition) is 2. The summed E-state index contributed by atoms with van der Waals surface area (Å²) in [4.78, 5) is 0. The van der Waals surface area contributed by atoms with Gasteiger partial charge >= 0.3 is 0 Å². The Morgan fingerprint density at radius 2 is 2.00 bits per heavy atom. The highest BCUT2D eigenvalue weighted by molar-refractivity contribution is 7.81. The second-order valence-electron chi connectivity index (χ2n) is 4.15. The van der Waals surface area contributed by atoms with Crippen LogP contribution in [0.2, 0.25) is 0 Å². The van der Waals surface area contributed by atoms with Gasteiger partial charge in [-0.25, -0.2) is 0 Å². The van der Waals surface area contributed by atoms with Crippen LogP contribution in [-0.2, 0) is 4.74 Å². The van der Waals surface area contributed by atoms with Gasteiger partial charge in [0.25, 0.3) is 10.3 Å². The van der Waals surface area contributed by atoms with Gasteiger partial charge in [-0.05, 0) is 62.5 Å². The first-order chi connectivity index (χ1) is 6.60. The molecule has 78 valence electrons. The van der Waals surface area contributed by atoms with Crippen LogP contribution < -0.4 is 5.32 Å². The van der Waals surface area contributed by atoms with E-state index in [1.165, 1.54) is 12.8 Å². The molecule has 0 atom stereocenters. The third-order valence-electron chi connectivity index (χ3n) is 3.20. The van der Waals surface area contributed by atoms with E-state index in [1.807, 2.05) is 0 Å². The summed E-state index contributed by atoms with van der Waals surface area (Å²) in [5.41, 5.74) is -0.0560. The molecule has 0 aromatic carbocycles. The van der Waals surface area contributed by atoms with E-state index in [-0.39, 0.29) is 16.0 Å². The van der Waals surface area contributed by atoms with Crippen molar-refractivity contribution in [3.05, 3.63) is 0 Å². The number of ether oxygens (including phenoxy) is 1. The Kier molecular flexibility index (Phi) is 2.62. The Bertz CT molecular complexity index is 272. The summed E-state index contributed by atoms with van der Waals surface area (Å²) in [7, 11) is 0. The lowest BCUT2D eigenvalue weighted by Crippen LogP contribution is -2.37. The Morgan fingerprint density at radius 3 is 2.43 bits per heavy atom. The van der Waals surface area contributed by atoms with E-state index < -0.39 is 0 Å². The summed E-state index contributed by atoms with van der Waals surface area (Å²) < 4.78 is 5.67. The molecule has 2 saturated carbocycles. The predicted molar refractivity (Wildman–Crippen MR) is 61.4 cm³/mol. The van der Waals surface area contributed by atoms with Crippen LogP contribution in [0.1, 0.15) is 32.1 Å². The SMILES string of the molecule is OC(=S)NC(=S)OC12CCC(CC1)C2. The number of aliphatic hydroxyl groups excluding tert-OH is 1. The van der Waals surface area contributed by atoms with Crippen LogP contribution >= 0.6 is 24.4 Å². The number of hydrogen-bond acceptors (Lipinski definition) is 3. The number of rotatable bonds is 1. The van der Waals surface area contributed by atoms with Gasteiger partial charge in [-0.3, -0.25) is 5.32 Å². The first-order valence-corrected chi connectivity index (χ1v) is 5.64. The molecule has 0 heterocycles. The average Bonchev–Trinajstić information content (AvgIpc) is 2.60. The van der Waals surface area contributed by atoms with Crippen molar-refractivity contribution in [2.24, 2.45) is 5.92 Å². The molecule has 0 aromatic rings. The van der Waals surface area contributed by atoms with Crippen LogP contribution in [0.3, 0.4) is 0 Å². The second kappa shape index (κ2) is 3.62. The number of thiocarbonyl (C=S) groups is 2. The fourth-order valence-electron chi connectivity index (χ4n) is 2.59. The molecule has 0 radical (unpaired) electrons. The maximum Gasteiger partial charge on any atom is 0.264 e. The third kappa shape index (κ3) is 1.98. The molecule has 3 nitrogen and oxygen atoms in total. The van der Waals surface area contributed by atoms with E-state index in [1.54, 1.807) is 0 Å². The van der Waals surface area contributed by atoms with Crippen LogP contribution in [-0.4, -0.2) is 21.1 Å². The quantitative estimate of drug-likeness (QED) is 0.676. The lowest BCUT2D eigenvalue weighted by Gasteiger charge is -2.27. The van der Waals surface area contributed by atoms with Crippen molar-refractivity contribution in [3.8, 4) is 0 Å². The number of fused-ring (bicyclic) bond motifs is 2. The fourth-order valence-corrected chi connectivity index (χ4v) is 3.02. The van der Waals surface area contributed by atoms with Crippen molar-refractivity contribution in [1.29, 1.82) is 0 Å². The van der Waals surface area contributed by atoms with E-state index >= 15 is 0 Å². The Balaban J connectivity index is 1.90. The molecule has 0 saturated heterocycles. The summed E-state index contributed by atoms with van der Waals surface area (Å²) in [6, 6.07) is 0. The smallest absolute Gasteiger partial charge is 0.264 e. The zero-order chi connectivity index (χ0) is 10.2. The van der Waals surface area contributed by atoms with E-state index in [9.17, 15) is 0 Å². The first-order valence-electron chi connectivity index (χ1n) is 4.83. The van der Waals surface area contributed by atoms with Gasteiger partial charge in [0, 0.05) is 0 Å². The lowest BCUT2D eigenvalue weighted by molar-refractivity contribution is 0.0669. The highest BCUT2D eigenvalue weighted by Crippen LogP contribution is 2.49. The largest absolute Gasteiger partial charge is 0.486 e. The molecule has 2 N–H and O–H groups in total. The van der Waals surface area contributed by atoms with Gasteiger partial charge in [-0.15, -0.1) is 0 Å². The molecular formula is C9H13NO2S2. The van der Waals surface area contributed by atoms with E-state index in [0.29, 0.717) is 0 Å². The summed E-state index contributed by atoms with van der Waals surface area (Å²) in [5, 5.41) is 11.1. The minimum Gasteiger partial charge on any atom is -0.486 e. The number of aliphatic hydroxyl groups is 1. The molecule has 2 fully saturated rings. The van der Waals surface area contributed by atoms with Gasteiger partial charge in [0.2, 0.25) is 0 Å². The predicted octanol–water partition coefficient (Wildman–Crippen LogP) is 2.05. The van der Waals surface area contributed by atoms with Crippen LogP contribution in [0.15, 0.2) is 0 Å². The van der Waals surface area contributed by atoms with Crippen molar-refractivity contribution >= 4 is 34.8 Å². The molecule has 5 heteroatoms. The Hall–Kier alpha value is -0.420. The van der Waals surface area contributed by atoms with Crippen molar-refractivity contribution in [1.82, 2.24) is 5.32 Å². The molecule has 2 bridgehead atoms. The average molecular weight is 231 g/mol. The first kappa shape index (κ1) is 10.1. The molecule has 2 aliphatic carbocycles. The van der Waals surface area contributed by atoms with Crippen LogP contribution in [0.25, 0.3) is 0 Å². The minimum absolute atomic E-state index is 0.0560. The fraction of sp³-hybridized carbons (Fsp3) is 0.778. The lowest BCUT2D eigenvalue weighted by atomic mass is 9.97. The van der Waals surface area contributed by atoms with Crippen molar-refractivity contribution in [2.75, 3.05) is 0 Å². The topological polar surface area (TPSA) is 41.5 Å². The molecule has 0 aliphatic heterocycles. The van der Waals surface area contributed by atoms with E-state index in [2.05, 4.69) is 17.5 Å². The van der Waals surface area contributed by atoms with Gasteiger partial charge in [0.15, 0.2) is 0 Å². The normalized spacial score (nSPS) is 34.1. The summed E-state index contributed by atoms with van der Waals surface area (Å²) in [6.07, 6.45) is 5.75. The molecule has 14 heavy (non-hydrogen) atoms. The Labute approximate surface area is 93.8 Å². The van der Waals surface area contributed by atoms with Gasteiger partial charge in [-0.1, -0.05) is 0 Å². The summed E-state index contributed by atoms with van der Waals surface area (Å²) in [5.74, 6) is 0.818. The zero-order valence-electron chi connectivity index (χ0n) is 7.78. The number of nitrogens with one attached hydrogen (secondary N) is 1. The van der Waals surface area contributed by atoms with Crippen molar-refractivity contribution < 1.29 is 9.84 Å². The molecular weight excluding hydrogens is 218 g/mol. The molecule has 0 aromatic heterocycles. The Morgan fingerprint density at radius 1 is 1.36 bits per heavy atom. The van der Waals surface area contributed by atoms with Crippen LogP contribution in [0.5, 0.6) is 0 Å². The second-order valence-corrected chi connectivity index (χ2v) is 4.91. The highest BCUT2D eigenvalue weighted by Gasteiger charge is 2.47. The molecule has 2 rings (SSSR count). The highest BCUT2D eigenvalue weighted by atomic mass is 32.1. The van der Waals surface area contributed by atoms with Crippen LogP contribution in [0, 0.1) is 5.92 Å². The maximum absolute atomic E-state index is 8.82. The monoisotopic (exact) mass is 231 g/mol. The van der Waals surface area contributed by atoms with Gasteiger partial charge in [-0.2, -0.15) is 0 Å². The van der Waals surface area contributed by atoms with E-state index in [4.69, 9.17) is 22.1 Å². The van der Waals surface area contributed by atoms with Crippen LogP contribution in [0.4, 0.5) is 0 Å². The van der Waals surface area contributed by atoms with Gasteiger partial charge in [0.05, 0.1) is 0 Å². The molecule has 0 amide bonds. The van der Waals surface area contributed by atoms with E-state index in [0.717, 1.165) is 25.2 Å². The zero-order valence-corrected chi connectivity index (χ0v) is 9.42. The van der Waals surface area contributed by atoms with Crippen molar-refractivity contribution in [2.45, 2.75) is 37.7 Å². The summed E-state index contributed by atoms with van der Waals surface area (Å²) in [6.45, 7) is 0. The minimum atomic E-state index is -0.320. The maximum atomic E-state index is 8.82. The molecule has 2 aliphatic rings. The van der Waals surface area contributed by atoms with Crippen molar-refractivity contribution in [3.63, 3.8) is 0 Å². The summed E-state index contributed by atoms with van der Waals surface area (Å²) >= 11 is 9.42. The van der Waals surface area contributed by atoms with Gasteiger partial charge in [0.1, 0.15) is 5.60 Å². The molecule has 0 spiro atoms.